The molecule has 0 aliphatic rings. The van der Waals surface area contributed by atoms with Crippen molar-refractivity contribution < 1.29 is 14.2 Å². The minimum absolute atomic E-state index is 0.641. The monoisotopic (exact) mass is 388 g/mol. The van der Waals surface area contributed by atoms with Gasteiger partial charge in [0.1, 0.15) is 11.6 Å². The van der Waals surface area contributed by atoms with E-state index < -0.39 is 0 Å². The van der Waals surface area contributed by atoms with E-state index in [1.807, 2.05) is 66.7 Å². The third-order valence-electron chi connectivity index (χ3n) is 4.83. The fourth-order valence-corrected chi connectivity index (χ4v) is 3.43. The van der Waals surface area contributed by atoms with Crippen LogP contribution in [0.2, 0.25) is 0 Å². The number of benzene rings is 3. The summed E-state index contributed by atoms with van der Waals surface area (Å²) < 4.78 is 18.9. The summed E-state index contributed by atoms with van der Waals surface area (Å²) in [6.45, 7) is 1.44. The number of nitrogens with zero attached hydrogens (tertiary/aromatic N) is 2. The molecule has 1 heterocycles. The van der Waals surface area contributed by atoms with Crippen LogP contribution < -0.4 is 14.2 Å². The highest BCUT2D eigenvalue weighted by atomic mass is 16.5. The van der Waals surface area contributed by atoms with Gasteiger partial charge < -0.3 is 18.8 Å². The van der Waals surface area contributed by atoms with E-state index in [0.717, 1.165) is 41.1 Å². The van der Waals surface area contributed by atoms with Crippen LogP contribution in [0.25, 0.3) is 22.4 Å². The Balaban J connectivity index is 1.61. The first kappa shape index (κ1) is 18.9. The topological polar surface area (TPSA) is 45.5 Å². The normalized spacial score (nSPS) is 10.8. The number of rotatable bonds is 8. The van der Waals surface area contributed by atoms with Gasteiger partial charge in [-0.15, -0.1) is 0 Å². The van der Waals surface area contributed by atoms with Crippen LogP contribution in [-0.2, 0) is 6.54 Å². The third kappa shape index (κ3) is 4.04. The van der Waals surface area contributed by atoms with E-state index in [4.69, 9.17) is 19.2 Å². The zero-order valence-electron chi connectivity index (χ0n) is 16.7. The van der Waals surface area contributed by atoms with Gasteiger partial charge in [0.2, 0.25) is 0 Å². The van der Waals surface area contributed by atoms with Crippen molar-refractivity contribution in [3.8, 4) is 28.6 Å². The molecule has 0 N–H and O–H groups in total. The van der Waals surface area contributed by atoms with E-state index in [2.05, 4.69) is 10.6 Å². The Morgan fingerprint density at radius 1 is 0.828 bits per heavy atom. The molecule has 0 saturated heterocycles. The van der Waals surface area contributed by atoms with Crippen molar-refractivity contribution in [2.45, 2.75) is 13.0 Å². The van der Waals surface area contributed by atoms with Crippen LogP contribution in [0.1, 0.15) is 6.42 Å². The fraction of sp³-hybridized carbons (Fsp3) is 0.208. The molecule has 0 bridgehead atoms. The van der Waals surface area contributed by atoms with Crippen molar-refractivity contribution in [3.63, 3.8) is 0 Å². The van der Waals surface area contributed by atoms with Gasteiger partial charge in [-0.05, 0) is 48.9 Å². The standard InChI is InChI=1S/C24H24N2O3/c1-27-22-14-13-18(17-23(22)28-2)24-25-20-11-6-7-12-21(20)26(24)15-8-16-29-19-9-4-3-5-10-19/h3-7,9-14,17H,8,15-16H2,1-2H3. The van der Waals surface area contributed by atoms with Gasteiger partial charge in [-0.1, -0.05) is 30.3 Å². The SMILES string of the molecule is COc1ccc(-c2nc3ccccc3n2CCCOc2ccccc2)cc1OC. The lowest BCUT2D eigenvalue weighted by atomic mass is 10.2. The highest BCUT2D eigenvalue weighted by Crippen LogP contribution is 2.33. The Hall–Kier alpha value is -3.47. The van der Waals surface area contributed by atoms with Crippen molar-refractivity contribution in [1.82, 2.24) is 9.55 Å². The Labute approximate surface area is 170 Å². The van der Waals surface area contributed by atoms with E-state index in [-0.39, 0.29) is 0 Å². The third-order valence-corrected chi connectivity index (χ3v) is 4.83. The molecule has 0 fully saturated rings. The van der Waals surface area contributed by atoms with Gasteiger partial charge in [0.25, 0.3) is 0 Å². The zero-order valence-corrected chi connectivity index (χ0v) is 16.7. The summed E-state index contributed by atoms with van der Waals surface area (Å²) in [6, 6.07) is 24.0. The predicted octanol–water partition coefficient (Wildman–Crippen LogP) is 5.19. The Morgan fingerprint density at radius 3 is 2.38 bits per heavy atom. The van der Waals surface area contributed by atoms with Gasteiger partial charge in [-0.2, -0.15) is 0 Å². The fourth-order valence-electron chi connectivity index (χ4n) is 3.43. The first-order chi connectivity index (χ1) is 14.3. The van der Waals surface area contributed by atoms with Crippen LogP contribution in [0.5, 0.6) is 17.2 Å². The second kappa shape index (κ2) is 8.69. The summed E-state index contributed by atoms with van der Waals surface area (Å²) in [4.78, 5) is 4.88. The number of aryl methyl sites for hydroxylation is 1. The lowest BCUT2D eigenvalue weighted by Gasteiger charge is -2.12. The predicted molar refractivity (Wildman–Crippen MR) is 115 cm³/mol. The van der Waals surface area contributed by atoms with Gasteiger partial charge in [-0.3, -0.25) is 0 Å². The summed E-state index contributed by atoms with van der Waals surface area (Å²) >= 11 is 0. The van der Waals surface area contributed by atoms with Crippen LogP contribution in [-0.4, -0.2) is 30.4 Å². The van der Waals surface area contributed by atoms with E-state index in [0.29, 0.717) is 18.1 Å². The van der Waals surface area contributed by atoms with Crippen LogP contribution >= 0.6 is 0 Å². The number of aromatic nitrogens is 2. The van der Waals surface area contributed by atoms with Gasteiger partial charge in [0.15, 0.2) is 11.5 Å². The highest BCUT2D eigenvalue weighted by Gasteiger charge is 2.14. The summed E-state index contributed by atoms with van der Waals surface area (Å²) in [5.74, 6) is 3.20. The van der Waals surface area contributed by atoms with Crippen LogP contribution in [0.4, 0.5) is 0 Å². The van der Waals surface area contributed by atoms with Gasteiger partial charge in [0.05, 0.1) is 31.9 Å². The molecule has 5 nitrogen and oxygen atoms in total. The van der Waals surface area contributed by atoms with Crippen LogP contribution in [0.15, 0.2) is 72.8 Å². The van der Waals surface area contributed by atoms with E-state index in [9.17, 15) is 0 Å². The smallest absolute Gasteiger partial charge is 0.161 e. The molecule has 0 saturated carbocycles. The second-order valence-electron chi connectivity index (χ2n) is 6.66. The molecule has 4 aromatic rings. The first-order valence-electron chi connectivity index (χ1n) is 9.65. The van der Waals surface area contributed by atoms with Crippen molar-refractivity contribution in [1.29, 1.82) is 0 Å². The molecule has 0 unspecified atom stereocenters. The maximum Gasteiger partial charge on any atom is 0.161 e. The number of para-hydroxylation sites is 3. The number of hydrogen-bond donors (Lipinski definition) is 0. The molecule has 5 heteroatoms. The molecule has 1 aromatic heterocycles. The molecule has 0 aliphatic heterocycles. The molecule has 4 rings (SSSR count). The molecule has 0 aliphatic carbocycles. The lowest BCUT2D eigenvalue weighted by Crippen LogP contribution is -2.06. The Morgan fingerprint density at radius 2 is 1.59 bits per heavy atom. The maximum atomic E-state index is 5.86. The van der Waals surface area contributed by atoms with Crippen molar-refractivity contribution in [2.75, 3.05) is 20.8 Å². The first-order valence-corrected chi connectivity index (χ1v) is 9.65. The van der Waals surface area contributed by atoms with Gasteiger partial charge >= 0.3 is 0 Å². The summed E-state index contributed by atoms with van der Waals surface area (Å²) in [5.41, 5.74) is 3.07. The zero-order chi connectivity index (χ0) is 20.1. The van der Waals surface area contributed by atoms with Gasteiger partial charge in [-0.25, -0.2) is 4.98 Å². The number of methoxy groups -OCH3 is 2. The van der Waals surface area contributed by atoms with E-state index >= 15 is 0 Å². The molecule has 29 heavy (non-hydrogen) atoms. The molecular weight excluding hydrogens is 364 g/mol. The van der Waals surface area contributed by atoms with Gasteiger partial charge in [0, 0.05) is 12.1 Å². The van der Waals surface area contributed by atoms with Crippen molar-refractivity contribution in [2.24, 2.45) is 0 Å². The summed E-state index contributed by atoms with van der Waals surface area (Å²) in [7, 11) is 3.28. The molecule has 148 valence electrons. The molecule has 0 atom stereocenters. The highest BCUT2D eigenvalue weighted by molar-refractivity contribution is 5.81. The number of hydrogen-bond acceptors (Lipinski definition) is 4. The van der Waals surface area contributed by atoms with E-state index in [1.165, 1.54) is 0 Å². The van der Waals surface area contributed by atoms with Crippen LogP contribution in [0.3, 0.4) is 0 Å². The van der Waals surface area contributed by atoms with Crippen molar-refractivity contribution in [3.05, 3.63) is 72.8 Å². The summed E-state index contributed by atoms with van der Waals surface area (Å²) in [6.07, 6.45) is 0.871. The summed E-state index contributed by atoms with van der Waals surface area (Å²) in [5, 5.41) is 0. The average Bonchev–Trinajstić information content (AvgIpc) is 3.15. The number of fused-ring (bicyclic) bond motifs is 1. The minimum Gasteiger partial charge on any atom is -0.494 e. The largest absolute Gasteiger partial charge is 0.494 e. The Bertz CT molecular complexity index is 1090. The molecule has 0 radical (unpaired) electrons. The quantitative estimate of drug-likeness (QED) is 0.390. The number of imidazole rings is 1. The molecule has 3 aromatic carbocycles. The molecule has 0 amide bonds. The minimum atomic E-state index is 0.641. The lowest BCUT2D eigenvalue weighted by molar-refractivity contribution is 0.303. The second-order valence-corrected chi connectivity index (χ2v) is 6.66. The average molecular weight is 388 g/mol. The molecule has 0 spiro atoms. The Kier molecular flexibility index (Phi) is 5.66. The number of ether oxygens (including phenoxy) is 3. The molecular formula is C24H24N2O3. The maximum absolute atomic E-state index is 5.86. The van der Waals surface area contributed by atoms with Crippen LogP contribution in [0, 0.1) is 0 Å². The van der Waals surface area contributed by atoms with Crippen molar-refractivity contribution >= 4 is 11.0 Å². The van der Waals surface area contributed by atoms with E-state index in [1.54, 1.807) is 14.2 Å².